The fourth-order valence-corrected chi connectivity index (χ4v) is 2.71. The zero-order chi connectivity index (χ0) is 9.26. The molecule has 2 rings (SSSR count). The monoisotopic (exact) mass is 239 g/mol. The van der Waals surface area contributed by atoms with Crippen LogP contribution >= 0.6 is 15.9 Å². The number of benzene rings is 1. The summed E-state index contributed by atoms with van der Waals surface area (Å²) in [6, 6.07) is 8.88. The van der Waals surface area contributed by atoms with E-state index in [4.69, 9.17) is 5.73 Å². The Morgan fingerprint density at radius 1 is 1.23 bits per heavy atom. The largest absolute Gasteiger partial charge is 0.328 e. The van der Waals surface area contributed by atoms with Gasteiger partial charge >= 0.3 is 0 Å². The van der Waals surface area contributed by atoms with Gasteiger partial charge in [0.25, 0.3) is 0 Å². The van der Waals surface area contributed by atoms with Gasteiger partial charge in [-0.25, -0.2) is 0 Å². The number of hydrogen-bond acceptors (Lipinski definition) is 1. The number of halogens is 1. The lowest BCUT2D eigenvalue weighted by molar-refractivity contribution is 0.673. The van der Waals surface area contributed by atoms with Gasteiger partial charge in [-0.2, -0.15) is 0 Å². The van der Waals surface area contributed by atoms with Crippen LogP contribution in [0.15, 0.2) is 28.7 Å². The van der Waals surface area contributed by atoms with Crippen molar-refractivity contribution in [2.75, 3.05) is 0 Å². The molecule has 1 aliphatic rings. The third-order valence-electron chi connectivity index (χ3n) is 2.82. The summed E-state index contributed by atoms with van der Waals surface area (Å²) in [4.78, 5) is 0. The molecule has 1 saturated carbocycles. The van der Waals surface area contributed by atoms with Gasteiger partial charge in [0.1, 0.15) is 0 Å². The molecule has 1 aromatic rings. The van der Waals surface area contributed by atoms with Crippen LogP contribution in [-0.4, -0.2) is 6.04 Å². The lowest BCUT2D eigenvalue weighted by Gasteiger charge is -2.11. The minimum Gasteiger partial charge on any atom is -0.328 e. The van der Waals surface area contributed by atoms with Crippen molar-refractivity contribution in [1.82, 2.24) is 0 Å². The normalized spacial score (nSPS) is 27.8. The maximum absolute atomic E-state index is 5.90. The average molecular weight is 240 g/mol. The molecule has 0 spiro atoms. The molecule has 1 fully saturated rings. The maximum Gasteiger partial charge on any atom is 0.0210 e. The molecule has 0 amide bonds. The van der Waals surface area contributed by atoms with E-state index in [1.807, 2.05) is 0 Å². The first-order chi connectivity index (χ1) is 6.27. The molecule has 0 aromatic heterocycles. The molecule has 1 aliphatic carbocycles. The Morgan fingerprint density at radius 3 is 2.62 bits per heavy atom. The van der Waals surface area contributed by atoms with Crippen molar-refractivity contribution >= 4 is 15.9 Å². The van der Waals surface area contributed by atoms with E-state index >= 15 is 0 Å². The quantitative estimate of drug-likeness (QED) is 0.802. The van der Waals surface area contributed by atoms with Crippen molar-refractivity contribution in [3.63, 3.8) is 0 Å². The second-order valence-corrected chi connectivity index (χ2v) is 4.65. The molecule has 13 heavy (non-hydrogen) atoms. The van der Waals surface area contributed by atoms with Crippen LogP contribution in [0.2, 0.25) is 0 Å². The third-order valence-corrected chi connectivity index (χ3v) is 3.54. The Hall–Kier alpha value is -0.340. The van der Waals surface area contributed by atoms with Gasteiger partial charge in [0, 0.05) is 10.5 Å². The first-order valence-electron chi connectivity index (χ1n) is 4.77. The van der Waals surface area contributed by atoms with Crippen molar-refractivity contribution < 1.29 is 0 Å². The Bertz CT molecular complexity index is 298. The predicted octanol–water partition coefficient (Wildman–Crippen LogP) is 3.04. The van der Waals surface area contributed by atoms with E-state index in [9.17, 15) is 0 Å². The molecule has 0 unspecified atom stereocenters. The van der Waals surface area contributed by atoms with E-state index in [2.05, 4.69) is 40.2 Å². The van der Waals surface area contributed by atoms with Gasteiger partial charge in [-0.05, 0) is 36.8 Å². The SMILES string of the molecule is N[C@@H]1CC[C@H](c2ccccc2Br)C1. The van der Waals surface area contributed by atoms with Crippen LogP contribution in [0, 0.1) is 0 Å². The molecule has 0 bridgehead atoms. The predicted molar refractivity (Wildman–Crippen MR) is 58.7 cm³/mol. The van der Waals surface area contributed by atoms with Gasteiger partial charge in [0.2, 0.25) is 0 Å². The van der Waals surface area contributed by atoms with Crippen LogP contribution in [0.3, 0.4) is 0 Å². The topological polar surface area (TPSA) is 26.0 Å². The summed E-state index contributed by atoms with van der Waals surface area (Å²) in [5.41, 5.74) is 7.32. The molecule has 2 N–H and O–H groups in total. The number of nitrogens with two attached hydrogens (primary N) is 1. The Kier molecular flexibility index (Phi) is 2.70. The lowest BCUT2D eigenvalue weighted by Crippen LogP contribution is -2.14. The summed E-state index contributed by atoms with van der Waals surface area (Å²) in [7, 11) is 0. The molecule has 0 heterocycles. The van der Waals surface area contributed by atoms with Crippen LogP contribution < -0.4 is 5.73 Å². The van der Waals surface area contributed by atoms with Crippen molar-refractivity contribution in [2.24, 2.45) is 5.73 Å². The van der Waals surface area contributed by atoms with Gasteiger partial charge in [0.15, 0.2) is 0 Å². The van der Waals surface area contributed by atoms with E-state index in [0.717, 1.165) is 6.42 Å². The molecular weight excluding hydrogens is 226 g/mol. The first kappa shape index (κ1) is 9.22. The molecular formula is C11H14BrN. The van der Waals surface area contributed by atoms with Gasteiger partial charge < -0.3 is 5.73 Å². The fraction of sp³-hybridized carbons (Fsp3) is 0.455. The summed E-state index contributed by atoms with van der Waals surface area (Å²) in [6.07, 6.45) is 3.55. The third kappa shape index (κ3) is 1.94. The summed E-state index contributed by atoms with van der Waals surface area (Å²) in [6.45, 7) is 0. The molecule has 1 nitrogen and oxygen atoms in total. The van der Waals surface area contributed by atoms with E-state index in [-0.39, 0.29) is 0 Å². The van der Waals surface area contributed by atoms with Gasteiger partial charge in [0.05, 0.1) is 0 Å². The molecule has 0 saturated heterocycles. The molecule has 2 heteroatoms. The Morgan fingerprint density at radius 2 is 2.00 bits per heavy atom. The highest BCUT2D eigenvalue weighted by Gasteiger charge is 2.24. The van der Waals surface area contributed by atoms with E-state index in [0.29, 0.717) is 12.0 Å². The minimum absolute atomic E-state index is 0.414. The van der Waals surface area contributed by atoms with E-state index < -0.39 is 0 Å². The molecule has 70 valence electrons. The molecule has 2 atom stereocenters. The summed E-state index contributed by atoms with van der Waals surface area (Å²) < 4.78 is 1.23. The second-order valence-electron chi connectivity index (χ2n) is 3.79. The highest BCUT2D eigenvalue weighted by molar-refractivity contribution is 9.10. The average Bonchev–Trinajstić information content (AvgIpc) is 2.53. The van der Waals surface area contributed by atoms with Crippen LogP contribution in [-0.2, 0) is 0 Å². The smallest absolute Gasteiger partial charge is 0.0210 e. The second kappa shape index (κ2) is 3.81. The fourth-order valence-electron chi connectivity index (χ4n) is 2.11. The zero-order valence-corrected chi connectivity index (χ0v) is 9.13. The van der Waals surface area contributed by atoms with Crippen molar-refractivity contribution in [3.05, 3.63) is 34.3 Å². The van der Waals surface area contributed by atoms with Crippen molar-refractivity contribution in [1.29, 1.82) is 0 Å². The minimum atomic E-state index is 0.414. The summed E-state index contributed by atoms with van der Waals surface area (Å²) in [5, 5.41) is 0. The van der Waals surface area contributed by atoms with Crippen molar-refractivity contribution in [3.8, 4) is 0 Å². The van der Waals surface area contributed by atoms with Crippen LogP contribution in [0.4, 0.5) is 0 Å². The molecule has 0 aliphatic heterocycles. The number of hydrogen-bond donors (Lipinski definition) is 1. The van der Waals surface area contributed by atoms with Crippen molar-refractivity contribution in [2.45, 2.75) is 31.2 Å². The molecule has 1 aromatic carbocycles. The number of rotatable bonds is 1. The summed E-state index contributed by atoms with van der Waals surface area (Å²) in [5.74, 6) is 0.672. The van der Waals surface area contributed by atoms with Crippen LogP contribution in [0.5, 0.6) is 0 Å². The Balaban J connectivity index is 2.21. The van der Waals surface area contributed by atoms with Gasteiger partial charge in [-0.3, -0.25) is 0 Å². The summed E-state index contributed by atoms with van der Waals surface area (Å²) >= 11 is 3.59. The van der Waals surface area contributed by atoms with Crippen LogP contribution in [0.1, 0.15) is 30.7 Å². The first-order valence-corrected chi connectivity index (χ1v) is 5.56. The maximum atomic E-state index is 5.90. The highest BCUT2D eigenvalue weighted by atomic mass is 79.9. The van der Waals surface area contributed by atoms with Gasteiger partial charge in [-0.15, -0.1) is 0 Å². The highest BCUT2D eigenvalue weighted by Crippen LogP contribution is 2.36. The lowest BCUT2D eigenvalue weighted by atomic mass is 9.98. The zero-order valence-electron chi connectivity index (χ0n) is 7.54. The van der Waals surface area contributed by atoms with Gasteiger partial charge in [-0.1, -0.05) is 34.1 Å². The molecule has 0 radical (unpaired) electrons. The van der Waals surface area contributed by atoms with Crippen LogP contribution in [0.25, 0.3) is 0 Å². The standard InChI is InChI=1S/C11H14BrN/c12-11-4-2-1-3-10(11)8-5-6-9(13)7-8/h1-4,8-9H,5-7,13H2/t8-,9+/m0/s1. The Labute approximate surface area is 87.5 Å². The van der Waals surface area contributed by atoms with E-state index in [1.54, 1.807) is 0 Å². The van der Waals surface area contributed by atoms with E-state index in [1.165, 1.54) is 22.9 Å².